The van der Waals surface area contributed by atoms with Crippen LogP contribution in [-0.2, 0) is 11.3 Å². The van der Waals surface area contributed by atoms with Gasteiger partial charge in [-0.1, -0.05) is 18.2 Å². The molecule has 1 fully saturated rings. The first-order valence-corrected chi connectivity index (χ1v) is 8.61. The number of hydrogen-bond acceptors (Lipinski definition) is 2. The number of benzene rings is 1. The van der Waals surface area contributed by atoms with Crippen LogP contribution >= 0.6 is 0 Å². The van der Waals surface area contributed by atoms with Gasteiger partial charge in [0.1, 0.15) is 5.82 Å². The maximum atomic E-state index is 13.7. The molecule has 1 aromatic carbocycles. The van der Waals surface area contributed by atoms with Gasteiger partial charge in [0.15, 0.2) is 5.96 Å². The van der Waals surface area contributed by atoms with Crippen molar-refractivity contribution in [3.63, 3.8) is 0 Å². The predicted octanol–water partition coefficient (Wildman–Crippen LogP) is 2.14. The van der Waals surface area contributed by atoms with Gasteiger partial charge in [0.25, 0.3) is 0 Å². The lowest BCUT2D eigenvalue weighted by atomic mass is 9.93. The molecule has 0 spiro atoms. The zero-order chi connectivity index (χ0) is 17.4. The molecule has 0 aromatic heterocycles. The van der Waals surface area contributed by atoms with E-state index in [-0.39, 0.29) is 11.7 Å². The van der Waals surface area contributed by atoms with E-state index in [2.05, 4.69) is 20.5 Å². The molecule has 0 unspecified atom stereocenters. The molecule has 1 aromatic rings. The Bertz CT molecular complexity index is 568. The molecule has 0 aliphatic carbocycles. The maximum Gasteiger partial charge on any atom is 0.220 e. The number of rotatable bonds is 5. The van der Waals surface area contributed by atoms with E-state index in [1.807, 2.05) is 13.0 Å². The molecule has 1 aliphatic rings. The number of likely N-dealkylation sites (tertiary alicyclic amines) is 1. The van der Waals surface area contributed by atoms with Crippen molar-refractivity contribution in [1.29, 1.82) is 0 Å². The van der Waals surface area contributed by atoms with Crippen molar-refractivity contribution < 1.29 is 9.18 Å². The van der Waals surface area contributed by atoms with Gasteiger partial charge in [-0.25, -0.2) is 9.38 Å². The number of hydrogen-bond donors (Lipinski definition) is 2. The van der Waals surface area contributed by atoms with Crippen molar-refractivity contribution >= 4 is 11.9 Å². The van der Waals surface area contributed by atoms with Crippen LogP contribution in [0.1, 0.15) is 31.7 Å². The average molecular weight is 334 g/mol. The predicted molar refractivity (Wildman–Crippen MR) is 94.2 cm³/mol. The fourth-order valence-electron chi connectivity index (χ4n) is 2.93. The Kier molecular flexibility index (Phi) is 7.03. The van der Waals surface area contributed by atoms with Crippen LogP contribution in [0.5, 0.6) is 0 Å². The average Bonchev–Trinajstić information content (AvgIpc) is 2.60. The monoisotopic (exact) mass is 334 g/mol. The van der Waals surface area contributed by atoms with Crippen LogP contribution in [0.4, 0.5) is 4.39 Å². The summed E-state index contributed by atoms with van der Waals surface area (Å²) >= 11 is 0. The molecule has 1 heterocycles. The van der Waals surface area contributed by atoms with Crippen molar-refractivity contribution in [3.05, 3.63) is 35.6 Å². The van der Waals surface area contributed by atoms with E-state index in [1.54, 1.807) is 19.2 Å². The van der Waals surface area contributed by atoms with Gasteiger partial charge in [-0.15, -0.1) is 0 Å². The molecular weight excluding hydrogens is 307 g/mol. The summed E-state index contributed by atoms with van der Waals surface area (Å²) in [6.07, 6.45) is 2.53. The Morgan fingerprint density at radius 1 is 1.33 bits per heavy atom. The lowest BCUT2D eigenvalue weighted by Gasteiger charge is -2.34. The summed E-state index contributed by atoms with van der Waals surface area (Å²) in [5.41, 5.74) is 0.599. The number of nitrogens with one attached hydrogen (secondary N) is 2. The van der Waals surface area contributed by atoms with E-state index in [1.165, 1.54) is 6.07 Å². The minimum absolute atomic E-state index is 0.105. The Hall–Kier alpha value is -2.11. The molecule has 0 radical (unpaired) electrons. The van der Waals surface area contributed by atoms with Gasteiger partial charge in [-0.3, -0.25) is 4.79 Å². The fourth-order valence-corrected chi connectivity index (χ4v) is 2.93. The molecule has 2 rings (SSSR count). The highest BCUT2D eigenvalue weighted by molar-refractivity contribution is 5.80. The van der Waals surface area contributed by atoms with Gasteiger partial charge >= 0.3 is 0 Å². The zero-order valence-corrected chi connectivity index (χ0v) is 14.5. The van der Waals surface area contributed by atoms with Crippen LogP contribution in [0.15, 0.2) is 29.3 Å². The van der Waals surface area contributed by atoms with Gasteiger partial charge in [-0.05, 0) is 31.7 Å². The Balaban J connectivity index is 1.95. The molecule has 132 valence electrons. The van der Waals surface area contributed by atoms with Crippen LogP contribution in [0.25, 0.3) is 0 Å². The summed E-state index contributed by atoms with van der Waals surface area (Å²) < 4.78 is 13.7. The molecule has 0 bridgehead atoms. The van der Waals surface area contributed by atoms with E-state index in [0.29, 0.717) is 24.4 Å². The van der Waals surface area contributed by atoms with Gasteiger partial charge in [0, 0.05) is 38.7 Å². The highest BCUT2D eigenvalue weighted by Crippen LogP contribution is 2.20. The number of piperidine rings is 1. The van der Waals surface area contributed by atoms with Crippen LogP contribution < -0.4 is 10.6 Å². The molecular formula is C18H27FN4O. The van der Waals surface area contributed by atoms with Crippen molar-refractivity contribution in [3.8, 4) is 0 Å². The highest BCUT2D eigenvalue weighted by atomic mass is 19.1. The van der Waals surface area contributed by atoms with Crippen LogP contribution in [0, 0.1) is 11.7 Å². The highest BCUT2D eigenvalue weighted by Gasteiger charge is 2.23. The third-order valence-corrected chi connectivity index (χ3v) is 4.36. The second-order valence-electron chi connectivity index (χ2n) is 6.07. The summed E-state index contributed by atoms with van der Waals surface area (Å²) in [6.45, 7) is 4.86. The smallest absolute Gasteiger partial charge is 0.220 e. The van der Waals surface area contributed by atoms with Gasteiger partial charge in [0.2, 0.25) is 5.91 Å². The minimum Gasteiger partial charge on any atom is -0.359 e. The van der Waals surface area contributed by atoms with Crippen LogP contribution in [-0.4, -0.2) is 43.4 Å². The van der Waals surface area contributed by atoms with Crippen molar-refractivity contribution in [1.82, 2.24) is 15.5 Å². The lowest BCUT2D eigenvalue weighted by Crippen LogP contribution is -2.46. The van der Waals surface area contributed by atoms with Crippen molar-refractivity contribution in [2.45, 2.75) is 32.7 Å². The van der Waals surface area contributed by atoms with E-state index in [0.717, 1.165) is 38.4 Å². The Morgan fingerprint density at radius 2 is 2.04 bits per heavy atom. The maximum absolute atomic E-state index is 13.7. The molecule has 2 N–H and O–H groups in total. The lowest BCUT2D eigenvalue weighted by molar-refractivity contribution is -0.121. The standard InChI is InChI=1S/C18H27FN4O/c1-3-21-18(22-13-15-6-4-5-7-16(15)19)23-10-8-14(9-11-23)12-17(24)20-2/h4-7,14H,3,8-13H2,1-2H3,(H,20,24)(H,21,22). The Labute approximate surface area is 143 Å². The molecule has 5 nitrogen and oxygen atoms in total. The molecule has 0 saturated carbocycles. The number of aliphatic imine (C=N–C) groups is 1. The van der Waals surface area contributed by atoms with Crippen molar-refractivity contribution in [2.24, 2.45) is 10.9 Å². The third kappa shape index (κ3) is 5.22. The number of carbonyl (C=O) groups excluding carboxylic acids is 1. The second-order valence-corrected chi connectivity index (χ2v) is 6.07. The molecule has 1 saturated heterocycles. The van der Waals surface area contributed by atoms with Crippen LogP contribution in [0.2, 0.25) is 0 Å². The van der Waals surface area contributed by atoms with Gasteiger partial charge in [-0.2, -0.15) is 0 Å². The summed E-state index contributed by atoms with van der Waals surface area (Å²) in [7, 11) is 1.68. The van der Waals surface area contributed by atoms with Crippen molar-refractivity contribution in [2.75, 3.05) is 26.7 Å². The molecule has 1 aliphatic heterocycles. The topological polar surface area (TPSA) is 56.7 Å². The van der Waals surface area contributed by atoms with E-state index < -0.39 is 0 Å². The Morgan fingerprint density at radius 3 is 2.67 bits per heavy atom. The number of halogens is 1. The van der Waals surface area contributed by atoms with Gasteiger partial charge < -0.3 is 15.5 Å². The zero-order valence-electron chi connectivity index (χ0n) is 14.5. The largest absolute Gasteiger partial charge is 0.359 e. The van der Waals surface area contributed by atoms with E-state index >= 15 is 0 Å². The number of guanidine groups is 1. The fraction of sp³-hybridized carbons (Fsp3) is 0.556. The normalized spacial score (nSPS) is 16.1. The molecule has 1 amide bonds. The first kappa shape index (κ1) is 18.2. The quantitative estimate of drug-likeness (QED) is 0.641. The molecule has 6 heteroatoms. The van der Waals surface area contributed by atoms with Gasteiger partial charge in [0.05, 0.1) is 6.54 Å². The summed E-state index contributed by atoms with van der Waals surface area (Å²) in [5, 5.41) is 5.97. The summed E-state index contributed by atoms with van der Waals surface area (Å²) in [6, 6.07) is 6.73. The number of nitrogens with zero attached hydrogens (tertiary/aromatic N) is 2. The summed E-state index contributed by atoms with van der Waals surface area (Å²) in [4.78, 5) is 18.3. The number of carbonyl (C=O) groups is 1. The minimum atomic E-state index is -0.221. The van der Waals surface area contributed by atoms with E-state index in [4.69, 9.17) is 0 Å². The summed E-state index contributed by atoms with van der Waals surface area (Å²) in [5.74, 6) is 1.13. The van der Waals surface area contributed by atoms with Crippen LogP contribution in [0.3, 0.4) is 0 Å². The first-order chi connectivity index (χ1) is 11.6. The first-order valence-electron chi connectivity index (χ1n) is 8.61. The number of amides is 1. The third-order valence-electron chi connectivity index (χ3n) is 4.36. The van der Waals surface area contributed by atoms with E-state index in [9.17, 15) is 9.18 Å². The molecule has 24 heavy (non-hydrogen) atoms. The molecule has 0 atom stereocenters. The second kappa shape index (κ2) is 9.25. The SMILES string of the molecule is CCNC(=NCc1ccccc1F)N1CCC(CC(=O)NC)CC1.